The third-order valence-electron chi connectivity index (χ3n) is 12.1. The zero-order valence-electron chi connectivity index (χ0n) is 30.2. The van der Waals surface area contributed by atoms with Crippen molar-refractivity contribution in [3.63, 3.8) is 0 Å². The molecule has 2 N–H and O–H groups in total. The van der Waals surface area contributed by atoms with Crippen LogP contribution in [-0.4, -0.2) is 38.7 Å². The van der Waals surface area contributed by atoms with Gasteiger partial charge in [0.15, 0.2) is 5.82 Å². The van der Waals surface area contributed by atoms with Crippen molar-refractivity contribution in [2.75, 3.05) is 10.3 Å². The standard InChI is InChI=1S/C43H31Cl2F3N4O6/c1-2-21-3-9-27(10-4-21)51-38(54)30-13-12-29-31(35(30)40(51)56)18-32-39(55)52(50-37-33(45)17-25(19-49-37)43(46,47)48)41(57)42(32,24-5-7-26(44)8-6-24)36(29)23-15-22-16-28(53)11-14-34(22)58-20-23/h2-12,14,16-17,19-20,30-32,35-36,53H,1,13,15,18H2,(H,49,50). The van der Waals surface area contributed by atoms with Gasteiger partial charge in [0, 0.05) is 29.1 Å². The van der Waals surface area contributed by atoms with Crippen molar-refractivity contribution in [3.05, 3.63) is 141 Å². The highest BCUT2D eigenvalue weighted by molar-refractivity contribution is 6.33. The monoisotopic (exact) mass is 826 g/mol. The van der Waals surface area contributed by atoms with Crippen LogP contribution in [0.15, 0.2) is 109 Å². The number of ether oxygens (including phenoxy) is 1. The van der Waals surface area contributed by atoms with Gasteiger partial charge in [0.1, 0.15) is 11.5 Å². The lowest BCUT2D eigenvalue weighted by atomic mass is 9.48. The predicted molar refractivity (Wildman–Crippen MR) is 207 cm³/mol. The van der Waals surface area contributed by atoms with Gasteiger partial charge in [-0.15, -0.1) is 0 Å². The number of allylic oxidation sites excluding steroid dienone is 3. The molecule has 3 aliphatic heterocycles. The quantitative estimate of drug-likeness (QED) is 0.147. The first-order chi connectivity index (χ1) is 27.7. The number of alkyl halides is 3. The van der Waals surface area contributed by atoms with E-state index in [1.54, 1.807) is 66.7 Å². The molecule has 9 rings (SSSR count). The second-order valence-electron chi connectivity index (χ2n) is 15.0. The van der Waals surface area contributed by atoms with Gasteiger partial charge in [0.25, 0.3) is 11.8 Å². The summed E-state index contributed by atoms with van der Waals surface area (Å²) in [5.74, 6) is -6.74. The number of nitrogens with one attached hydrogen (secondary N) is 1. The number of hydrazine groups is 1. The number of benzene rings is 3. The number of phenolic OH excluding ortho intramolecular Hbond substituents is 1. The highest BCUT2D eigenvalue weighted by Crippen LogP contribution is 2.63. The third kappa shape index (κ3) is 5.65. The number of imide groups is 2. The molecule has 1 saturated carbocycles. The van der Waals surface area contributed by atoms with Crippen molar-refractivity contribution in [2.45, 2.75) is 30.9 Å². The molecule has 5 aliphatic rings. The number of rotatable bonds is 6. The molecule has 0 radical (unpaired) electrons. The van der Waals surface area contributed by atoms with Crippen molar-refractivity contribution in [1.29, 1.82) is 0 Å². The molecular formula is C43H31Cl2F3N4O6. The summed E-state index contributed by atoms with van der Waals surface area (Å²) >= 11 is 12.7. The maximum Gasteiger partial charge on any atom is 0.417 e. The van der Waals surface area contributed by atoms with E-state index in [-0.39, 0.29) is 36.7 Å². The van der Waals surface area contributed by atoms with Crippen LogP contribution in [0.1, 0.15) is 35.1 Å². The Morgan fingerprint density at radius 3 is 2.38 bits per heavy atom. The molecule has 15 heteroatoms. The second-order valence-corrected chi connectivity index (χ2v) is 15.8. The van der Waals surface area contributed by atoms with Crippen LogP contribution in [0.2, 0.25) is 10.0 Å². The SMILES string of the molecule is C=Cc1ccc(N2C(=O)C3CC=C4C(CC5C(=O)N(Nc6ncc(C(F)(F)F)cc6Cl)C(=O)C5(c5ccc(Cl)cc5)C4C4=COc5ccc(O)cc5C4)C3C2=O)cc1. The predicted octanol–water partition coefficient (Wildman–Crippen LogP) is 8.30. The van der Waals surface area contributed by atoms with Gasteiger partial charge < -0.3 is 9.84 Å². The van der Waals surface area contributed by atoms with Crippen LogP contribution in [0.3, 0.4) is 0 Å². The number of carbonyl (C=O) groups is 4. The van der Waals surface area contributed by atoms with E-state index in [0.29, 0.717) is 51.0 Å². The molecule has 0 spiro atoms. The summed E-state index contributed by atoms with van der Waals surface area (Å²) in [5.41, 5.74) is 3.17. The Hall–Kier alpha value is -5.92. The van der Waals surface area contributed by atoms with E-state index in [1.807, 2.05) is 6.08 Å². The third-order valence-corrected chi connectivity index (χ3v) is 12.6. The molecule has 3 fully saturated rings. The number of pyridine rings is 1. The lowest BCUT2D eigenvalue weighted by Crippen LogP contribution is -2.55. The van der Waals surface area contributed by atoms with Crippen LogP contribution in [0.4, 0.5) is 24.7 Å². The molecule has 6 atom stereocenters. The Balaban J connectivity index is 1.21. The number of carbonyl (C=O) groups excluding carboxylic acids is 4. The Labute approximate surface area is 339 Å². The average Bonchev–Trinajstić information content (AvgIpc) is 3.58. The van der Waals surface area contributed by atoms with Gasteiger partial charge in [-0.3, -0.25) is 29.5 Å². The molecule has 4 aromatic rings. The number of phenols is 1. The number of fused-ring (bicyclic) bond motifs is 5. The lowest BCUT2D eigenvalue weighted by molar-refractivity contribution is -0.139. The molecule has 2 aliphatic carbocycles. The van der Waals surface area contributed by atoms with Crippen molar-refractivity contribution < 1.29 is 42.2 Å². The smallest absolute Gasteiger partial charge is 0.417 e. The van der Waals surface area contributed by atoms with Gasteiger partial charge in [0.2, 0.25) is 11.8 Å². The highest BCUT2D eigenvalue weighted by Gasteiger charge is 2.71. The number of nitrogens with zero attached hydrogens (tertiary/aromatic N) is 3. The molecule has 3 aromatic carbocycles. The zero-order chi connectivity index (χ0) is 40.8. The molecule has 2 saturated heterocycles. The highest BCUT2D eigenvalue weighted by atomic mass is 35.5. The van der Waals surface area contributed by atoms with E-state index < -0.39 is 69.5 Å². The molecule has 4 heterocycles. The summed E-state index contributed by atoms with van der Waals surface area (Å²) in [6, 6.07) is 18.6. The first-order valence-corrected chi connectivity index (χ1v) is 19.1. The van der Waals surface area contributed by atoms with Gasteiger partial charge in [-0.05, 0) is 84.0 Å². The van der Waals surface area contributed by atoms with E-state index in [4.69, 9.17) is 27.9 Å². The fourth-order valence-corrected chi connectivity index (χ4v) is 9.95. The molecule has 6 unspecified atom stereocenters. The second kappa shape index (κ2) is 13.6. The van der Waals surface area contributed by atoms with Crippen LogP contribution in [0.5, 0.6) is 11.5 Å². The van der Waals surface area contributed by atoms with Crippen LogP contribution >= 0.6 is 23.2 Å². The minimum absolute atomic E-state index is 0.0187. The minimum Gasteiger partial charge on any atom is -0.508 e. The fourth-order valence-electron chi connectivity index (χ4n) is 9.61. The first-order valence-electron chi connectivity index (χ1n) is 18.3. The van der Waals surface area contributed by atoms with Gasteiger partial charge in [0.05, 0.1) is 45.7 Å². The van der Waals surface area contributed by atoms with Gasteiger partial charge in [-0.1, -0.05) is 71.8 Å². The summed E-state index contributed by atoms with van der Waals surface area (Å²) in [7, 11) is 0. The Morgan fingerprint density at radius 1 is 0.948 bits per heavy atom. The average molecular weight is 828 g/mol. The summed E-state index contributed by atoms with van der Waals surface area (Å²) in [6.45, 7) is 3.77. The van der Waals surface area contributed by atoms with Crippen LogP contribution in [-0.2, 0) is 37.2 Å². The van der Waals surface area contributed by atoms with Crippen LogP contribution in [0.25, 0.3) is 6.08 Å². The summed E-state index contributed by atoms with van der Waals surface area (Å²) in [5, 5.41) is 11.1. The maximum atomic E-state index is 15.4. The number of amides is 4. The van der Waals surface area contributed by atoms with E-state index in [1.165, 1.54) is 17.2 Å². The lowest BCUT2D eigenvalue weighted by Gasteiger charge is -2.51. The maximum absolute atomic E-state index is 15.4. The number of aromatic nitrogens is 1. The van der Waals surface area contributed by atoms with E-state index in [2.05, 4.69) is 17.0 Å². The molecule has 0 bridgehead atoms. The molecule has 10 nitrogen and oxygen atoms in total. The number of hydrogen-bond donors (Lipinski definition) is 2. The summed E-state index contributed by atoms with van der Waals surface area (Å²) < 4.78 is 46.7. The topological polar surface area (TPSA) is 129 Å². The zero-order valence-corrected chi connectivity index (χ0v) is 31.7. The van der Waals surface area contributed by atoms with Crippen molar-refractivity contribution in [2.24, 2.45) is 29.6 Å². The molecular weight excluding hydrogens is 796 g/mol. The largest absolute Gasteiger partial charge is 0.508 e. The van der Waals surface area contributed by atoms with E-state index in [9.17, 15) is 32.7 Å². The Morgan fingerprint density at radius 2 is 1.69 bits per heavy atom. The van der Waals surface area contributed by atoms with E-state index >= 15 is 4.79 Å². The molecule has 4 amide bonds. The fraction of sp³-hybridized carbons (Fsp3) is 0.233. The van der Waals surface area contributed by atoms with Crippen molar-refractivity contribution >= 4 is 64.4 Å². The van der Waals surface area contributed by atoms with Crippen LogP contribution < -0.4 is 15.1 Å². The molecule has 1 aromatic heterocycles. The van der Waals surface area contributed by atoms with Crippen LogP contribution in [0, 0.1) is 29.6 Å². The number of hydrogen-bond acceptors (Lipinski definition) is 8. The molecule has 294 valence electrons. The Kier molecular flexibility index (Phi) is 8.82. The minimum atomic E-state index is -4.76. The van der Waals surface area contributed by atoms with E-state index in [0.717, 1.165) is 10.6 Å². The normalized spacial score (nSPS) is 26.3. The number of halogens is 5. The van der Waals surface area contributed by atoms with Gasteiger partial charge >= 0.3 is 6.18 Å². The Bertz CT molecular complexity index is 2520. The van der Waals surface area contributed by atoms with Gasteiger partial charge in [-0.2, -0.15) is 18.2 Å². The van der Waals surface area contributed by atoms with Crippen molar-refractivity contribution in [3.8, 4) is 11.5 Å². The summed E-state index contributed by atoms with van der Waals surface area (Å²) in [6.07, 6.45) is 1.13. The summed E-state index contributed by atoms with van der Waals surface area (Å²) in [4.78, 5) is 64.2. The van der Waals surface area contributed by atoms with Gasteiger partial charge in [-0.25, -0.2) is 4.98 Å². The molecule has 58 heavy (non-hydrogen) atoms. The number of aromatic hydroxyl groups is 1. The van der Waals surface area contributed by atoms with Crippen molar-refractivity contribution in [1.82, 2.24) is 9.99 Å². The first kappa shape index (κ1) is 37.6. The number of anilines is 2.